The van der Waals surface area contributed by atoms with Crippen LogP contribution in [0.3, 0.4) is 0 Å². The molecule has 0 saturated heterocycles. The number of Topliss-reactive ketones (excluding diaryl/α,β-unsaturated/α-hetero) is 1. The molecule has 1 unspecified atom stereocenters. The summed E-state index contributed by atoms with van der Waals surface area (Å²) in [6.07, 6.45) is 0. The topological polar surface area (TPSA) is 54.0 Å². The van der Waals surface area contributed by atoms with E-state index in [0.29, 0.717) is 27.7 Å². The second kappa shape index (κ2) is 5.29. The lowest BCUT2D eigenvalue weighted by atomic mass is 9.92. The number of carbonyl (C=O) groups excluding carboxylic acids is 1. The molecular weight excluding hydrogens is 262 g/mol. The summed E-state index contributed by atoms with van der Waals surface area (Å²) < 4.78 is 5.33. The smallest absolute Gasteiger partial charge is 0.187 e. The minimum Gasteiger partial charge on any atom is -0.466 e. The van der Waals surface area contributed by atoms with E-state index < -0.39 is 5.92 Å². The first-order valence-corrected chi connectivity index (χ1v) is 6.17. The standard InChI is InChI=1S/C15H12ClNO2/c1-9-7-13(10(2)19-9)15(18)14(8-17)11-3-5-12(16)6-4-11/h3-7,14H,1-2H3. The number of aryl methyl sites for hydroxylation is 2. The van der Waals surface area contributed by atoms with Gasteiger partial charge in [0.2, 0.25) is 0 Å². The summed E-state index contributed by atoms with van der Waals surface area (Å²) in [4.78, 5) is 12.4. The monoisotopic (exact) mass is 273 g/mol. The number of nitrogens with zero attached hydrogens (tertiary/aromatic N) is 1. The Morgan fingerprint density at radius 1 is 1.32 bits per heavy atom. The van der Waals surface area contributed by atoms with E-state index >= 15 is 0 Å². The van der Waals surface area contributed by atoms with Gasteiger partial charge in [-0.1, -0.05) is 23.7 Å². The Kier molecular flexibility index (Phi) is 3.73. The molecule has 0 aliphatic heterocycles. The SMILES string of the molecule is Cc1cc(C(=O)C(C#N)c2ccc(Cl)cc2)c(C)o1. The number of hydrogen-bond donors (Lipinski definition) is 0. The molecule has 0 amide bonds. The Hall–Kier alpha value is -2.05. The molecule has 0 fully saturated rings. The molecule has 2 aromatic rings. The highest BCUT2D eigenvalue weighted by Crippen LogP contribution is 2.25. The van der Waals surface area contributed by atoms with Crippen molar-refractivity contribution in [2.24, 2.45) is 0 Å². The number of furan rings is 1. The summed E-state index contributed by atoms with van der Waals surface area (Å²) in [5.41, 5.74) is 1.09. The second-order valence-electron chi connectivity index (χ2n) is 4.30. The van der Waals surface area contributed by atoms with Crippen molar-refractivity contribution in [1.82, 2.24) is 0 Å². The highest BCUT2D eigenvalue weighted by molar-refractivity contribution is 6.30. The molecule has 4 heteroatoms. The van der Waals surface area contributed by atoms with E-state index in [4.69, 9.17) is 16.0 Å². The first-order valence-electron chi connectivity index (χ1n) is 5.79. The van der Waals surface area contributed by atoms with Crippen molar-refractivity contribution in [1.29, 1.82) is 5.26 Å². The molecule has 0 bridgehead atoms. The Bertz CT molecular complexity index is 650. The number of rotatable bonds is 3. The van der Waals surface area contributed by atoms with Gasteiger partial charge in [0.25, 0.3) is 0 Å². The van der Waals surface area contributed by atoms with Crippen LogP contribution in [0.1, 0.15) is 33.4 Å². The van der Waals surface area contributed by atoms with Gasteiger partial charge in [0.1, 0.15) is 17.4 Å². The first kappa shape index (κ1) is 13.4. The van der Waals surface area contributed by atoms with Gasteiger partial charge in [-0.3, -0.25) is 4.79 Å². The molecule has 3 nitrogen and oxygen atoms in total. The Morgan fingerprint density at radius 2 is 1.95 bits per heavy atom. The minimum absolute atomic E-state index is 0.251. The number of benzene rings is 1. The van der Waals surface area contributed by atoms with Crippen LogP contribution in [0.4, 0.5) is 0 Å². The lowest BCUT2D eigenvalue weighted by molar-refractivity contribution is 0.0977. The maximum absolute atomic E-state index is 12.4. The molecule has 0 radical (unpaired) electrons. The number of ketones is 1. The van der Waals surface area contributed by atoms with E-state index in [1.54, 1.807) is 44.2 Å². The van der Waals surface area contributed by atoms with Crippen molar-refractivity contribution in [2.45, 2.75) is 19.8 Å². The van der Waals surface area contributed by atoms with Gasteiger partial charge in [0, 0.05) is 5.02 Å². The summed E-state index contributed by atoms with van der Waals surface area (Å²) in [5.74, 6) is 0.109. The lowest BCUT2D eigenvalue weighted by Gasteiger charge is -2.07. The normalized spacial score (nSPS) is 11.9. The summed E-state index contributed by atoms with van der Waals surface area (Å²) in [6, 6.07) is 10.4. The van der Waals surface area contributed by atoms with E-state index in [0.717, 1.165) is 0 Å². The molecule has 2 rings (SSSR count). The zero-order valence-electron chi connectivity index (χ0n) is 10.6. The average molecular weight is 274 g/mol. The molecule has 0 spiro atoms. The van der Waals surface area contributed by atoms with Crippen LogP contribution in [0, 0.1) is 25.2 Å². The molecule has 1 aromatic heterocycles. The second-order valence-corrected chi connectivity index (χ2v) is 4.74. The fourth-order valence-electron chi connectivity index (χ4n) is 1.97. The summed E-state index contributed by atoms with van der Waals surface area (Å²) in [5, 5.41) is 9.82. The Morgan fingerprint density at radius 3 is 2.42 bits per heavy atom. The van der Waals surface area contributed by atoms with Crippen LogP contribution in [0.2, 0.25) is 5.02 Å². The van der Waals surface area contributed by atoms with Gasteiger partial charge in [0.05, 0.1) is 11.6 Å². The molecule has 96 valence electrons. The maximum atomic E-state index is 12.4. The number of carbonyl (C=O) groups is 1. The largest absolute Gasteiger partial charge is 0.466 e. The van der Waals surface area contributed by atoms with Gasteiger partial charge in [-0.15, -0.1) is 0 Å². The number of hydrogen-bond acceptors (Lipinski definition) is 3. The first-order chi connectivity index (χ1) is 9.02. The van der Waals surface area contributed by atoms with Gasteiger partial charge in [-0.25, -0.2) is 0 Å². The van der Waals surface area contributed by atoms with Crippen molar-refractivity contribution in [3.05, 3.63) is 58.0 Å². The molecule has 1 heterocycles. The van der Waals surface area contributed by atoms with Gasteiger partial charge in [0.15, 0.2) is 5.78 Å². The quantitative estimate of drug-likeness (QED) is 0.793. The summed E-state index contributed by atoms with van der Waals surface area (Å²) in [6.45, 7) is 3.49. The minimum atomic E-state index is -0.840. The third-order valence-corrected chi connectivity index (χ3v) is 3.15. The molecule has 0 N–H and O–H groups in total. The molecular formula is C15H12ClNO2. The fraction of sp³-hybridized carbons (Fsp3) is 0.200. The van der Waals surface area contributed by atoms with Crippen LogP contribution in [0.5, 0.6) is 0 Å². The van der Waals surface area contributed by atoms with E-state index in [1.807, 2.05) is 6.07 Å². The molecule has 19 heavy (non-hydrogen) atoms. The predicted molar refractivity (Wildman–Crippen MR) is 72.3 cm³/mol. The summed E-state index contributed by atoms with van der Waals surface area (Å²) in [7, 11) is 0. The van der Waals surface area contributed by atoms with Crippen molar-refractivity contribution < 1.29 is 9.21 Å². The zero-order valence-corrected chi connectivity index (χ0v) is 11.4. The number of halogens is 1. The maximum Gasteiger partial charge on any atom is 0.187 e. The van der Waals surface area contributed by atoms with Crippen LogP contribution in [-0.2, 0) is 0 Å². The van der Waals surface area contributed by atoms with Crippen LogP contribution in [-0.4, -0.2) is 5.78 Å². The fourth-order valence-corrected chi connectivity index (χ4v) is 2.10. The van der Waals surface area contributed by atoms with Gasteiger partial charge >= 0.3 is 0 Å². The van der Waals surface area contributed by atoms with Crippen molar-refractivity contribution in [2.75, 3.05) is 0 Å². The molecule has 0 aliphatic rings. The van der Waals surface area contributed by atoms with E-state index in [-0.39, 0.29) is 5.78 Å². The Labute approximate surface area is 116 Å². The van der Waals surface area contributed by atoms with Gasteiger partial charge < -0.3 is 4.42 Å². The van der Waals surface area contributed by atoms with Gasteiger partial charge in [-0.05, 0) is 37.6 Å². The highest BCUT2D eigenvalue weighted by Gasteiger charge is 2.25. The molecule has 0 saturated carbocycles. The Balaban J connectivity index is 2.38. The highest BCUT2D eigenvalue weighted by atomic mass is 35.5. The van der Waals surface area contributed by atoms with Crippen molar-refractivity contribution in [3.63, 3.8) is 0 Å². The number of nitriles is 1. The zero-order chi connectivity index (χ0) is 14.0. The third-order valence-electron chi connectivity index (χ3n) is 2.90. The third kappa shape index (κ3) is 2.69. The van der Waals surface area contributed by atoms with E-state index in [1.165, 1.54) is 0 Å². The average Bonchev–Trinajstić information content (AvgIpc) is 2.71. The predicted octanol–water partition coefficient (Wildman–Crippen LogP) is 4.04. The van der Waals surface area contributed by atoms with Crippen molar-refractivity contribution in [3.8, 4) is 6.07 Å². The van der Waals surface area contributed by atoms with Crippen LogP contribution < -0.4 is 0 Å². The van der Waals surface area contributed by atoms with Crippen molar-refractivity contribution >= 4 is 17.4 Å². The lowest BCUT2D eigenvalue weighted by Crippen LogP contribution is -2.11. The van der Waals surface area contributed by atoms with E-state index in [9.17, 15) is 10.1 Å². The van der Waals surface area contributed by atoms with Crippen LogP contribution in [0.15, 0.2) is 34.7 Å². The van der Waals surface area contributed by atoms with E-state index in [2.05, 4.69) is 0 Å². The van der Waals surface area contributed by atoms with Gasteiger partial charge in [-0.2, -0.15) is 5.26 Å². The van der Waals surface area contributed by atoms with Crippen LogP contribution >= 0.6 is 11.6 Å². The molecule has 0 aliphatic carbocycles. The summed E-state index contributed by atoms with van der Waals surface area (Å²) >= 11 is 5.80. The molecule has 1 atom stereocenters. The van der Waals surface area contributed by atoms with Crippen LogP contribution in [0.25, 0.3) is 0 Å². The molecule has 1 aromatic carbocycles.